The van der Waals surface area contributed by atoms with Crippen LogP contribution in [0.15, 0.2) is 4.99 Å². The van der Waals surface area contributed by atoms with Crippen molar-refractivity contribution in [1.29, 1.82) is 0 Å². The summed E-state index contributed by atoms with van der Waals surface area (Å²) in [5.41, 5.74) is 13.9. The number of nitrogens with two attached hydrogens (primary N) is 3. The minimum atomic E-state index is -2.06. The molecule has 0 heterocycles. The Labute approximate surface area is 118 Å². The zero-order chi connectivity index (χ0) is 15.8. The number of hydrogen-bond donors (Lipinski definition) is 4. The summed E-state index contributed by atoms with van der Waals surface area (Å²) in [5.74, 6) is -2.10. The Bertz CT molecular complexity index is 366. The van der Waals surface area contributed by atoms with Crippen LogP contribution in [-0.2, 0) is 14.3 Å². The van der Waals surface area contributed by atoms with Crippen LogP contribution in [0.1, 0.15) is 33.1 Å². The molecular weight excluding hydrogens is 264 g/mol. The summed E-state index contributed by atoms with van der Waals surface area (Å²) in [6.07, 6.45) is 0.815. The standard InChI is InChI=1S/C12H24N4O4/c1-8(2)4-7-20-10(19)12(15,9(17)18)5-3-6-16-11(13)14/h8H,3-7,15H2,1-2H3,(H,17,18)(H4,13,14,16). The van der Waals surface area contributed by atoms with Gasteiger partial charge in [0.25, 0.3) is 0 Å². The summed E-state index contributed by atoms with van der Waals surface area (Å²) in [6.45, 7) is 4.29. The summed E-state index contributed by atoms with van der Waals surface area (Å²) >= 11 is 0. The Balaban J connectivity index is 4.46. The number of carbonyl (C=O) groups excluding carboxylic acids is 1. The monoisotopic (exact) mass is 288 g/mol. The Morgan fingerprint density at radius 1 is 1.35 bits per heavy atom. The second kappa shape index (κ2) is 8.36. The fraction of sp³-hybridized carbons (Fsp3) is 0.750. The van der Waals surface area contributed by atoms with Gasteiger partial charge in [-0.05, 0) is 25.2 Å². The van der Waals surface area contributed by atoms with E-state index in [1.54, 1.807) is 0 Å². The van der Waals surface area contributed by atoms with E-state index in [-0.39, 0.29) is 32.0 Å². The van der Waals surface area contributed by atoms with Crippen molar-refractivity contribution in [2.75, 3.05) is 13.2 Å². The quantitative estimate of drug-likeness (QED) is 0.145. The van der Waals surface area contributed by atoms with E-state index in [9.17, 15) is 9.59 Å². The van der Waals surface area contributed by atoms with Gasteiger partial charge in [-0.25, -0.2) is 9.59 Å². The zero-order valence-electron chi connectivity index (χ0n) is 12.0. The van der Waals surface area contributed by atoms with E-state index in [1.807, 2.05) is 13.8 Å². The van der Waals surface area contributed by atoms with E-state index in [0.717, 1.165) is 0 Å². The number of ether oxygens (including phenoxy) is 1. The van der Waals surface area contributed by atoms with Crippen LogP contribution in [0.3, 0.4) is 0 Å². The van der Waals surface area contributed by atoms with E-state index in [0.29, 0.717) is 12.3 Å². The predicted octanol–water partition coefficient (Wildman–Crippen LogP) is -0.589. The zero-order valence-corrected chi connectivity index (χ0v) is 12.0. The van der Waals surface area contributed by atoms with Crippen molar-refractivity contribution in [1.82, 2.24) is 0 Å². The van der Waals surface area contributed by atoms with Gasteiger partial charge in [0.1, 0.15) is 0 Å². The minimum absolute atomic E-state index is 0.0949. The molecule has 0 aliphatic heterocycles. The molecule has 0 rings (SSSR count). The maximum Gasteiger partial charge on any atom is 0.337 e. The molecule has 20 heavy (non-hydrogen) atoms. The van der Waals surface area contributed by atoms with E-state index in [2.05, 4.69) is 4.99 Å². The van der Waals surface area contributed by atoms with Crippen molar-refractivity contribution in [2.45, 2.75) is 38.6 Å². The Kier molecular flexibility index (Phi) is 7.60. The number of carbonyl (C=O) groups is 2. The maximum absolute atomic E-state index is 11.8. The molecule has 0 amide bonds. The third kappa shape index (κ3) is 6.37. The molecule has 0 saturated carbocycles. The van der Waals surface area contributed by atoms with Gasteiger partial charge in [-0.3, -0.25) is 4.99 Å². The van der Waals surface area contributed by atoms with Gasteiger partial charge >= 0.3 is 11.9 Å². The molecule has 1 unspecified atom stereocenters. The van der Waals surface area contributed by atoms with Crippen molar-refractivity contribution in [3.63, 3.8) is 0 Å². The minimum Gasteiger partial charge on any atom is -0.479 e. The molecule has 0 aliphatic carbocycles. The molecule has 0 aromatic rings. The highest BCUT2D eigenvalue weighted by Crippen LogP contribution is 2.14. The topological polar surface area (TPSA) is 154 Å². The van der Waals surface area contributed by atoms with Gasteiger partial charge in [-0.1, -0.05) is 13.8 Å². The van der Waals surface area contributed by atoms with Crippen molar-refractivity contribution in [2.24, 2.45) is 28.1 Å². The summed E-state index contributed by atoms with van der Waals surface area (Å²) < 4.78 is 4.93. The van der Waals surface area contributed by atoms with E-state index in [4.69, 9.17) is 27.0 Å². The largest absolute Gasteiger partial charge is 0.479 e. The Morgan fingerprint density at radius 3 is 2.40 bits per heavy atom. The first-order valence-electron chi connectivity index (χ1n) is 6.45. The van der Waals surface area contributed by atoms with Crippen molar-refractivity contribution >= 4 is 17.9 Å². The molecule has 8 nitrogen and oxygen atoms in total. The number of hydrogen-bond acceptors (Lipinski definition) is 5. The van der Waals surface area contributed by atoms with Crippen LogP contribution in [0.2, 0.25) is 0 Å². The van der Waals surface area contributed by atoms with Crippen LogP contribution in [0.25, 0.3) is 0 Å². The van der Waals surface area contributed by atoms with Gasteiger partial charge < -0.3 is 27.0 Å². The SMILES string of the molecule is CC(C)CCOC(=O)C(N)(CCCN=C(N)N)C(=O)O. The predicted molar refractivity (Wildman–Crippen MR) is 74.9 cm³/mol. The second-order valence-corrected chi connectivity index (χ2v) is 5.01. The summed E-state index contributed by atoms with van der Waals surface area (Å²) in [6, 6.07) is 0. The van der Waals surface area contributed by atoms with Crippen LogP contribution in [0.4, 0.5) is 0 Å². The van der Waals surface area contributed by atoms with E-state index >= 15 is 0 Å². The number of esters is 1. The molecule has 0 radical (unpaired) electrons. The normalized spacial score (nSPS) is 13.6. The third-order valence-electron chi connectivity index (χ3n) is 2.70. The number of nitrogens with zero attached hydrogens (tertiary/aromatic N) is 1. The number of rotatable bonds is 9. The Morgan fingerprint density at radius 2 is 1.95 bits per heavy atom. The molecule has 0 aromatic heterocycles. The van der Waals surface area contributed by atoms with Gasteiger partial charge in [0.15, 0.2) is 5.96 Å². The first kappa shape index (κ1) is 18.2. The van der Waals surface area contributed by atoms with Crippen LogP contribution in [-0.4, -0.2) is 41.7 Å². The molecule has 8 heteroatoms. The smallest absolute Gasteiger partial charge is 0.337 e. The fourth-order valence-electron chi connectivity index (χ4n) is 1.38. The van der Waals surface area contributed by atoms with Gasteiger partial charge in [-0.2, -0.15) is 0 Å². The summed E-state index contributed by atoms with van der Waals surface area (Å²) in [4.78, 5) is 26.7. The number of carboxylic acid groups (broad SMARTS) is 1. The second-order valence-electron chi connectivity index (χ2n) is 5.01. The molecule has 0 saturated heterocycles. The average molecular weight is 288 g/mol. The number of aliphatic carboxylic acids is 1. The van der Waals surface area contributed by atoms with Gasteiger partial charge in [-0.15, -0.1) is 0 Å². The lowest BCUT2D eigenvalue weighted by Crippen LogP contribution is -2.56. The van der Waals surface area contributed by atoms with E-state index in [1.165, 1.54) is 0 Å². The number of guanidine groups is 1. The summed E-state index contributed by atoms with van der Waals surface area (Å²) in [7, 11) is 0. The average Bonchev–Trinajstić information content (AvgIpc) is 2.33. The molecule has 0 spiro atoms. The molecule has 116 valence electrons. The first-order valence-corrected chi connectivity index (χ1v) is 6.45. The van der Waals surface area contributed by atoms with Crippen LogP contribution in [0.5, 0.6) is 0 Å². The molecule has 0 aromatic carbocycles. The lowest BCUT2D eigenvalue weighted by molar-refractivity contribution is -0.161. The lowest BCUT2D eigenvalue weighted by Gasteiger charge is -2.22. The van der Waals surface area contributed by atoms with Crippen LogP contribution >= 0.6 is 0 Å². The molecule has 7 N–H and O–H groups in total. The summed E-state index contributed by atoms with van der Waals surface area (Å²) in [5, 5.41) is 9.11. The third-order valence-corrected chi connectivity index (χ3v) is 2.70. The molecule has 1 atom stereocenters. The first-order chi connectivity index (χ1) is 9.20. The maximum atomic E-state index is 11.8. The number of aliphatic imine (C=N–C) groups is 1. The van der Waals surface area contributed by atoms with Crippen molar-refractivity contribution < 1.29 is 19.4 Å². The fourth-order valence-corrected chi connectivity index (χ4v) is 1.38. The highest BCUT2D eigenvalue weighted by Gasteiger charge is 2.43. The van der Waals surface area contributed by atoms with Crippen molar-refractivity contribution in [3.8, 4) is 0 Å². The van der Waals surface area contributed by atoms with Crippen LogP contribution in [0, 0.1) is 5.92 Å². The molecule has 0 fully saturated rings. The highest BCUT2D eigenvalue weighted by atomic mass is 16.5. The molecule has 0 aliphatic rings. The van der Waals surface area contributed by atoms with Crippen molar-refractivity contribution in [3.05, 3.63) is 0 Å². The Hall–Kier alpha value is -1.83. The molecule has 0 bridgehead atoms. The highest BCUT2D eigenvalue weighted by molar-refractivity contribution is 6.03. The van der Waals surface area contributed by atoms with Gasteiger partial charge in [0.2, 0.25) is 5.54 Å². The van der Waals surface area contributed by atoms with Crippen LogP contribution < -0.4 is 17.2 Å². The number of carboxylic acids is 1. The van der Waals surface area contributed by atoms with Gasteiger partial charge in [0, 0.05) is 6.54 Å². The van der Waals surface area contributed by atoms with Gasteiger partial charge in [0.05, 0.1) is 6.61 Å². The molecular formula is C12H24N4O4. The lowest BCUT2D eigenvalue weighted by atomic mass is 9.95. The van der Waals surface area contributed by atoms with E-state index < -0.39 is 17.5 Å².